The van der Waals surface area contributed by atoms with Crippen LogP contribution in [0.2, 0.25) is 0 Å². The summed E-state index contributed by atoms with van der Waals surface area (Å²) in [5.41, 5.74) is 0.0184. The van der Waals surface area contributed by atoms with E-state index in [0.29, 0.717) is 36.9 Å². The van der Waals surface area contributed by atoms with Gasteiger partial charge in [0.05, 0.1) is 12.0 Å². The average molecular weight is 418 g/mol. The first-order chi connectivity index (χ1) is 14.2. The van der Waals surface area contributed by atoms with Crippen LogP contribution in [0.4, 0.5) is 13.2 Å². The molecule has 3 heterocycles. The third-order valence-electron chi connectivity index (χ3n) is 6.10. The molecule has 1 spiro atoms. The standard InChI is InChI=1S/C21H17F3N2O4/c22-21(23,24)29-14-5-3-13(4-6-14)19(7-8-19)18(28)26-11-9-20(12-26)15-2-1-10-25-16(15)17(27)30-20/h1-6,10H,7-9,11-12H2. The average Bonchev–Trinajstić information content (AvgIpc) is 3.33. The van der Waals surface area contributed by atoms with Crippen LogP contribution in [-0.2, 0) is 20.5 Å². The number of hydrogen-bond donors (Lipinski definition) is 0. The zero-order valence-electron chi connectivity index (χ0n) is 15.7. The first-order valence-electron chi connectivity index (χ1n) is 9.57. The van der Waals surface area contributed by atoms with E-state index in [-0.39, 0.29) is 23.9 Å². The Labute approximate surface area is 169 Å². The predicted octanol–water partition coefficient (Wildman–Crippen LogP) is 3.31. The number of carbonyl (C=O) groups is 2. The molecule has 1 aliphatic carbocycles. The monoisotopic (exact) mass is 418 g/mol. The predicted molar refractivity (Wildman–Crippen MR) is 96.6 cm³/mol. The Balaban J connectivity index is 1.35. The Morgan fingerprint density at radius 2 is 1.87 bits per heavy atom. The van der Waals surface area contributed by atoms with Gasteiger partial charge in [-0.05, 0) is 36.6 Å². The number of rotatable bonds is 3. The maximum absolute atomic E-state index is 13.3. The molecule has 2 fully saturated rings. The summed E-state index contributed by atoms with van der Waals surface area (Å²) in [5, 5.41) is 0. The molecule has 1 amide bonds. The first kappa shape index (κ1) is 18.9. The molecule has 1 aromatic heterocycles. The molecule has 9 heteroatoms. The number of hydrogen-bond acceptors (Lipinski definition) is 5. The van der Waals surface area contributed by atoms with Crippen LogP contribution >= 0.6 is 0 Å². The summed E-state index contributed by atoms with van der Waals surface area (Å²) in [7, 11) is 0. The van der Waals surface area contributed by atoms with Gasteiger partial charge in [0.1, 0.15) is 5.75 Å². The fraction of sp³-hybridized carbons (Fsp3) is 0.381. The van der Waals surface area contributed by atoms with E-state index in [4.69, 9.17) is 4.74 Å². The Hall–Kier alpha value is -3.10. The van der Waals surface area contributed by atoms with Crippen molar-refractivity contribution in [2.24, 2.45) is 0 Å². The minimum Gasteiger partial charge on any atom is -0.447 e. The number of halogens is 3. The summed E-state index contributed by atoms with van der Waals surface area (Å²) in [4.78, 5) is 31.3. The van der Waals surface area contributed by atoms with Crippen LogP contribution in [0.5, 0.6) is 5.75 Å². The van der Waals surface area contributed by atoms with Crippen molar-refractivity contribution in [3.8, 4) is 5.75 Å². The van der Waals surface area contributed by atoms with E-state index in [1.165, 1.54) is 30.5 Å². The van der Waals surface area contributed by atoms with Gasteiger partial charge < -0.3 is 14.4 Å². The van der Waals surface area contributed by atoms with E-state index in [2.05, 4.69) is 9.72 Å². The van der Waals surface area contributed by atoms with Gasteiger partial charge in [-0.3, -0.25) is 4.79 Å². The molecule has 1 saturated carbocycles. The molecule has 1 unspecified atom stereocenters. The zero-order valence-corrected chi connectivity index (χ0v) is 15.7. The summed E-state index contributed by atoms with van der Waals surface area (Å²) in [6.45, 7) is 0.671. The van der Waals surface area contributed by atoms with Crippen molar-refractivity contribution in [1.82, 2.24) is 9.88 Å². The molecular weight excluding hydrogens is 401 g/mol. The minimum atomic E-state index is -4.76. The largest absolute Gasteiger partial charge is 0.573 e. The van der Waals surface area contributed by atoms with Gasteiger partial charge in [0.2, 0.25) is 5.91 Å². The normalized spacial score (nSPS) is 24.0. The number of amides is 1. The van der Waals surface area contributed by atoms with Crippen molar-refractivity contribution in [2.45, 2.75) is 36.6 Å². The second-order valence-corrected chi connectivity index (χ2v) is 7.91. The molecule has 1 aromatic carbocycles. The molecule has 0 N–H and O–H groups in total. The lowest BCUT2D eigenvalue weighted by Crippen LogP contribution is -2.40. The SMILES string of the molecule is O=C1OC2(CCN(C(=O)C3(c4ccc(OC(F)(F)F)cc4)CC3)C2)c2cccnc21. The van der Waals surface area contributed by atoms with Gasteiger partial charge in [-0.2, -0.15) is 0 Å². The molecular formula is C21H17F3N2O4. The lowest BCUT2D eigenvalue weighted by atomic mass is 9.93. The highest BCUT2D eigenvalue weighted by molar-refractivity contribution is 5.94. The lowest BCUT2D eigenvalue weighted by molar-refractivity contribution is -0.274. The van der Waals surface area contributed by atoms with E-state index in [0.717, 1.165) is 0 Å². The third kappa shape index (κ3) is 2.91. The first-order valence-corrected chi connectivity index (χ1v) is 9.57. The minimum absolute atomic E-state index is 0.0998. The quantitative estimate of drug-likeness (QED) is 0.716. The topological polar surface area (TPSA) is 68.7 Å². The van der Waals surface area contributed by atoms with E-state index in [1.807, 2.05) is 0 Å². The molecule has 3 aliphatic rings. The zero-order chi connectivity index (χ0) is 21.1. The van der Waals surface area contributed by atoms with Gasteiger partial charge in [-0.15, -0.1) is 13.2 Å². The molecule has 0 radical (unpaired) electrons. The van der Waals surface area contributed by atoms with Crippen LogP contribution in [0.3, 0.4) is 0 Å². The fourth-order valence-corrected chi connectivity index (χ4v) is 4.50. The molecule has 6 nitrogen and oxygen atoms in total. The number of fused-ring (bicyclic) bond motifs is 2. The van der Waals surface area contributed by atoms with Gasteiger partial charge >= 0.3 is 12.3 Å². The van der Waals surface area contributed by atoms with E-state index >= 15 is 0 Å². The second kappa shape index (κ2) is 6.20. The molecule has 156 valence electrons. The maximum atomic E-state index is 13.3. The summed E-state index contributed by atoms with van der Waals surface area (Å²) in [6.07, 6.45) is -1.51. The molecule has 1 atom stereocenters. The fourth-order valence-electron chi connectivity index (χ4n) is 4.50. The number of esters is 1. The van der Waals surface area contributed by atoms with E-state index in [9.17, 15) is 22.8 Å². The van der Waals surface area contributed by atoms with E-state index in [1.54, 1.807) is 17.0 Å². The lowest BCUT2D eigenvalue weighted by Gasteiger charge is -2.26. The summed E-state index contributed by atoms with van der Waals surface area (Å²) < 4.78 is 46.7. The van der Waals surface area contributed by atoms with Gasteiger partial charge in [-0.1, -0.05) is 18.2 Å². The summed E-state index contributed by atoms with van der Waals surface area (Å²) >= 11 is 0. The highest BCUT2D eigenvalue weighted by Crippen LogP contribution is 2.52. The second-order valence-electron chi connectivity index (χ2n) is 7.91. The van der Waals surface area contributed by atoms with Crippen molar-refractivity contribution in [3.05, 3.63) is 59.4 Å². The molecule has 0 bridgehead atoms. The van der Waals surface area contributed by atoms with Crippen LogP contribution in [0.15, 0.2) is 42.6 Å². The van der Waals surface area contributed by atoms with Crippen molar-refractivity contribution in [2.75, 3.05) is 13.1 Å². The Bertz CT molecular complexity index is 1030. The summed E-state index contributed by atoms with van der Waals surface area (Å²) in [6, 6.07) is 9.00. The number of benzene rings is 1. The Morgan fingerprint density at radius 1 is 1.13 bits per heavy atom. The molecule has 30 heavy (non-hydrogen) atoms. The van der Waals surface area contributed by atoms with Crippen molar-refractivity contribution < 1.29 is 32.2 Å². The highest BCUT2D eigenvalue weighted by atomic mass is 19.4. The summed E-state index contributed by atoms with van der Waals surface area (Å²) in [5.74, 6) is -0.907. The molecule has 1 saturated heterocycles. The van der Waals surface area contributed by atoms with Gasteiger partial charge in [0.25, 0.3) is 0 Å². The van der Waals surface area contributed by atoms with Gasteiger partial charge in [-0.25, -0.2) is 9.78 Å². The van der Waals surface area contributed by atoms with Crippen LogP contribution < -0.4 is 4.74 Å². The third-order valence-corrected chi connectivity index (χ3v) is 6.10. The highest BCUT2D eigenvalue weighted by Gasteiger charge is 2.58. The number of ether oxygens (including phenoxy) is 2. The van der Waals surface area contributed by atoms with Crippen LogP contribution in [0.1, 0.15) is 40.9 Å². The van der Waals surface area contributed by atoms with Gasteiger partial charge in [0.15, 0.2) is 11.3 Å². The van der Waals surface area contributed by atoms with Crippen molar-refractivity contribution in [1.29, 1.82) is 0 Å². The van der Waals surface area contributed by atoms with Crippen molar-refractivity contribution >= 4 is 11.9 Å². The van der Waals surface area contributed by atoms with Gasteiger partial charge in [0, 0.05) is 24.7 Å². The maximum Gasteiger partial charge on any atom is 0.573 e. The number of nitrogens with zero attached hydrogens (tertiary/aromatic N) is 2. The Kier molecular flexibility index (Phi) is 3.90. The number of likely N-dealkylation sites (tertiary alicyclic amines) is 1. The van der Waals surface area contributed by atoms with Crippen molar-refractivity contribution in [3.63, 3.8) is 0 Å². The number of carbonyl (C=O) groups excluding carboxylic acids is 2. The van der Waals surface area contributed by atoms with Crippen LogP contribution in [0.25, 0.3) is 0 Å². The molecule has 2 aromatic rings. The van der Waals surface area contributed by atoms with Crippen LogP contribution in [-0.4, -0.2) is 41.2 Å². The van der Waals surface area contributed by atoms with Crippen LogP contribution in [0, 0.1) is 0 Å². The Morgan fingerprint density at radius 3 is 2.53 bits per heavy atom. The number of pyridine rings is 1. The molecule has 5 rings (SSSR count). The molecule has 2 aliphatic heterocycles. The smallest absolute Gasteiger partial charge is 0.447 e. The number of aromatic nitrogens is 1. The number of alkyl halides is 3. The van der Waals surface area contributed by atoms with E-state index < -0.39 is 23.3 Å².